The molecule has 0 bridgehead atoms. The lowest BCUT2D eigenvalue weighted by Crippen LogP contribution is -2.01. The summed E-state index contributed by atoms with van der Waals surface area (Å²) < 4.78 is 0. The van der Waals surface area contributed by atoms with E-state index in [2.05, 4.69) is 0 Å². The van der Waals surface area contributed by atoms with Crippen LogP contribution in [0.5, 0.6) is 11.5 Å². The third kappa shape index (κ3) is 0.990. The Morgan fingerprint density at radius 3 is 1.89 bits per heavy atom. The van der Waals surface area contributed by atoms with E-state index in [1.54, 1.807) is 0 Å². The van der Waals surface area contributed by atoms with Gasteiger partial charge in [0.15, 0.2) is 0 Å². The predicted octanol–water partition coefficient (Wildman–Crippen LogP) is -0.108. The van der Waals surface area contributed by atoms with Gasteiger partial charge in [0.05, 0.1) is 0 Å². The molecule has 1 rings (SSSR count). The van der Waals surface area contributed by atoms with Gasteiger partial charge < -0.3 is 10.2 Å². The van der Waals surface area contributed by atoms with E-state index in [9.17, 15) is 0 Å². The number of hydrogen-bond acceptors (Lipinski definition) is 2. The Morgan fingerprint density at radius 1 is 1.11 bits per heavy atom. The molecule has 0 amide bonds. The molecule has 2 N–H and O–H groups in total. The van der Waals surface area contributed by atoms with Gasteiger partial charge in [0, 0.05) is 0 Å². The van der Waals surface area contributed by atoms with Crippen LogP contribution in [0.4, 0.5) is 0 Å². The molecule has 0 saturated heterocycles. The zero-order valence-electron chi connectivity index (χ0n) is 4.70. The van der Waals surface area contributed by atoms with Crippen molar-refractivity contribution in [3.05, 3.63) is 18.2 Å². The summed E-state index contributed by atoms with van der Waals surface area (Å²) >= 11 is 0. The van der Waals surface area contributed by atoms with Gasteiger partial charge in [-0.2, -0.15) is 0 Å². The molecule has 0 aliphatic rings. The molecule has 0 fully saturated rings. The molecular formula is C6H5BO2. The summed E-state index contributed by atoms with van der Waals surface area (Å²) in [5.41, 5.74) is 0.0255. The molecule has 44 valence electrons. The van der Waals surface area contributed by atoms with E-state index < -0.39 is 0 Å². The zero-order valence-corrected chi connectivity index (χ0v) is 4.70. The summed E-state index contributed by atoms with van der Waals surface area (Å²) in [5, 5.41) is 17.6. The summed E-state index contributed by atoms with van der Waals surface area (Å²) in [5.74, 6) is -0.176. The van der Waals surface area contributed by atoms with E-state index in [0.717, 1.165) is 0 Å². The average molecular weight is 120 g/mol. The van der Waals surface area contributed by atoms with Crippen LogP contribution in [0.1, 0.15) is 0 Å². The van der Waals surface area contributed by atoms with Crippen molar-refractivity contribution in [3.63, 3.8) is 0 Å². The predicted molar refractivity (Wildman–Crippen MR) is 35.2 cm³/mol. The Bertz CT molecular complexity index is 202. The van der Waals surface area contributed by atoms with E-state index in [1.807, 2.05) is 0 Å². The van der Waals surface area contributed by atoms with Crippen LogP contribution in [0.3, 0.4) is 0 Å². The van der Waals surface area contributed by atoms with Gasteiger partial charge in [-0.15, -0.1) is 0 Å². The molecule has 2 nitrogen and oxygen atoms in total. The third-order valence-corrected chi connectivity index (χ3v) is 1.06. The Kier molecular flexibility index (Phi) is 1.34. The summed E-state index contributed by atoms with van der Waals surface area (Å²) in [4.78, 5) is 0. The highest BCUT2D eigenvalue weighted by Gasteiger charge is 1.96. The normalized spacial score (nSPS) is 9.33. The van der Waals surface area contributed by atoms with Gasteiger partial charge in [-0.3, -0.25) is 0 Å². The van der Waals surface area contributed by atoms with Crippen LogP contribution in [0.25, 0.3) is 0 Å². The van der Waals surface area contributed by atoms with Crippen LogP contribution in [-0.4, -0.2) is 18.1 Å². The van der Waals surface area contributed by atoms with Gasteiger partial charge in [0.1, 0.15) is 19.3 Å². The minimum Gasteiger partial charge on any atom is -0.508 e. The number of rotatable bonds is 0. The quantitative estimate of drug-likeness (QED) is 0.469. The molecule has 2 radical (unpaired) electrons. The second kappa shape index (κ2) is 2.01. The fourth-order valence-corrected chi connectivity index (χ4v) is 0.541. The number of hydrogen-bond donors (Lipinski definition) is 2. The smallest absolute Gasteiger partial charge is 0.124 e. The number of aromatic hydroxyl groups is 2. The van der Waals surface area contributed by atoms with Crippen LogP contribution in [0, 0.1) is 0 Å². The second-order valence-electron chi connectivity index (χ2n) is 1.71. The van der Waals surface area contributed by atoms with E-state index in [-0.39, 0.29) is 17.0 Å². The monoisotopic (exact) mass is 120 g/mol. The maximum atomic E-state index is 8.82. The SMILES string of the molecule is [B]c1c(O)cccc1O. The molecule has 9 heavy (non-hydrogen) atoms. The third-order valence-electron chi connectivity index (χ3n) is 1.06. The van der Waals surface area contributed by atoms with Gasteiger partial charge in [-0.1, -0.05) is 6.07 Å². The lowest BCUT2D eigenvalue weighted by molar-refractivity contribution is 0.458. The molecule has 0 spiro atoms. The van der Waals surface area contributed by atoms with Crippen molar-refractivity contribution in [2.45, 2.75) is 0 Å². The lowest BCUT2D eigenvalue weighted by atomic mass is 9.94. The largest absolute Gasteiger partial charge is 0.508 e. The molecular weight excluding hydrogens is 115 g/mol. The fraction of sp³-hybridized carbons (Fsp3) is 0. The summed E-state index contributed by atoms with van der Waals surface area (Å²) in [6, 6.07) is 4.34. The summed E-state index contributed by atoms with van der Waals surface area (Å²) in [7, 11) is 5.18. The highest BCUT2D eigenvalue weighted by molar-refractivity contribution is 6.36. The molecule has 0 saturated carbocycles. The van der Waals surface area contributed by atoms with Gasteiger partial charge >= 0.3 is 0 Å². The van der Waals surface area contributed by atoms with Gasteiger partial charge in [-0.05, 0) is 17.6 Å². The number of phenols is 2. The van der Waals surface area contributed by atoms with Crippen molar-refractivity contribution in [2.24, 2.45) is 0 Å². The maximum absolute atomic E-state index is 8.82. The van der Waals surface area contributed by atoms with Crippen LogP contribution < -0.4 is 5.46 Å². The first-order valence-corrected chi connectivity index (χ1v) is 2.48. The lowest BCUT2D eigenvalue weighted by Gasteiger charge is -1.98. The van der Waals surface area contributed by atoms with Gasteiger partial charge in [-0.25, -0.2) is 0 Å². The number of phenolic OH excluding ortho intramolecular Hbond substituents is 2. The molecule has 1 aromatic carbocycles. The van der Waals surface area contributed by atoms with E-state index in [1.165, 1.54) is 18.2 Å². The van der Waals surface area contributed by atoms with E-state index in [0.29, 0.717) is 0 Å². The Hall–Kier alpha value is -1.12. The van der Waals surface area contributed by atoms with Crippen molar-refractivity contribution in [1.82, 2.24) is 0 Å². The Morgan fingerprint density at radius 2 is 1.56 bits per heavy atom. The van der Waals surface area contributed by atoms with E-state index in [4.69, 9.17) is 18.1 Å². The first-order chi connectivity index (χ1) is 4.22. The van der Waals surface area contributed by atoms with Crippen LogP contribution in [0.2, 0.25) is 0 Å². The minimum absolute atomic E-state index is 0.0255. The average Bonchev–Trinajstić information content (AvgIpc) is 1.83. The molecule has 0 aliphatic heterocycles. The standard InChI is InChI=1S/C6H5BO2/c7-6-4(8)2-1-3-5(6)9/h1-3,8-9H. The van der Waals surface area contributed by atoms with E-state index >= 15 is 0 Å². The summed E-state index contributed by atoms with van der Waals surface area (Å²) in [6.45, 7) is 0. The maximum Gasteiger partial charge on any atom is 0.124 e. The summed E-state index contributed by atoms with van der Waals surface area (Å²) in [6.07, 6.45) is 0. The van der Waals surface area contributed by atoms with Crippen molar-refractivity contribution < 1.29 is 10.2 Å². The molecule has 1 aromatic rings. The molecule has 0 unspecified atom stereocenters. The molecule has 0 heterocycles. The Labute approximate surface area is 54.2 Å². The molecule has 3 heteroatoms. The second-order valence-corrected chi connectivity index (χ2v) is 1.71. The molecule has 0 aliphatic carbocycles. The van der Waals surface area contributed by atoms with Crippen molar-refractivity contribution in [2.75, 3.05) is 0 Å². The van der Waals surface area contributed by atoms with Crippen LogP contribution >= 0.6 is 0 Å². The highest BCUT2D eigenvalue weighted by Crippen LogP contribution is 2.10. The highest BCUT2D eigenvalue weighted by atomic mass is 16.3. The van der Waals surface area contributed by atoms with Crippen molar-refractivity contribution in [3.8, 4) is 11.5 Å². The number of benzene rings is 1. The van der Waals surface area contributed by atoms with Gasteiger partial charge in [0.25, 0.3) is 0 Å². The molecule has 0 atom stereocenters. The van der Waals surface area contributed by atoms with Crippen molar-refractivity contribution in [1.29, 1.82) is 0 Å². The first-order valence-electron chi connectivity index (χ1n) is 2.48. The zero-order chi connectivity index (χ0) is 6.85. The molecule has 0 aromatic heterocycles. The van der Waals surface area contributed by atoms with Crippen molar-refractivity contribution >= 4 is 13.3 Å². The van der Waals surface area contributed by atoms with Crippen LogP contribution in [0.15, 0.2) is 18.2 Å². The fourth-order valence-electron chi connectivity index (χ4n) is 0.541. The van der Waals surface area contributed by atoms with Gasteiger partial charge in [0.2, 0.25) is 0 Å². The first kappa shape index (κ1) is 6.01. The van der Waals surface area contributed by atoms with Crippen LogP contribution in [-0.2, 0) is 0 Å². The minimum atomic E-state index is -0.0880. The topological polar surface area (TPSA) is 40.5 Å². The Balaban J connectivity index is 3.25.